The molecule has 1 aliphatic rings. The minimum Gasteiger partial charge on any atom is -0.343 e. The second kappa shape index (κ2) is 8.31. The molecule has 0 saturated carbocycles. The molecule has 6 heteroatoms. The summed E-state index contributed by atoms with van der Waals surface area (Å²) in [5, 5.41) is 2.16. The summed E-state index contributed by atoms with van der Waals surface area (Å²) in [5.41, 5.74) is 3.19. The quantitative estimate of drug-likeness (QED) is 0.654. The lowest BCUT2D eigenvalue weighted by atomic mass is 10.2. The van der Waals surface area contributed by atoms with E-state index in [1.54, 1.807) is 23.7 Å². The van der Waals surface area contributed by atoms with Gasteiger partial charge in [-0.2, -0.15) is 0 Å². The van der Waals surface area contributed by atoms with Crippen molar-refractivity contribution in [3.63, 3.8) is 0 Å². The Morgan fingerprint density at radius 2 is 2.00 bits per heavy atom. The minimum atomic E-state index is 0.286. The van der Waals surface area contributed by atoms with Crippen LogP contribution in [0, 0.1) is 0 Å². The summed E-state index contributed by atoms with van der Waals surface area (Å²) < 4.78 is 2.26. The van der Waals surface area contributed by atoms with Crippen LogP contribution in [0.3, 0.4) is 0 Å². The Morgan fingerprint density at radius 1 is 1.11 bits per heavy atom. The van der Waals surface area contributed by atoms with Gasteiger partial charge >= 0.3 is 0 Å². The number of amides is 1. The maximum atomic E-state index is 11.9. The van der Waals surface area contributed by atoms with Crippen molar-refractivity contribution in [2.24, 2.45) is 4.99 Å². The van der Waals surface area contributed by atoms with E-state index in [0.717, 1.165) is 48.7 Å². The summed E-state index contributed by atoms with van der Waals surface area (Å²) in [4.78, 5) is 23.7. The molecule has 0 atom stereocenters. The lowest BCUT2D eigenvalue weighted by Gasteiger charge is -2.16. The second-order valence-electron chi connectivity index (χ2n) is 6.58. The van der Waals surface area contributed by atoms with Crippen LogP contribution in [-0.2, 0) is 11.3 Å². The van der Waals surface area contributed by atoms with Crippen LogP contribution in [0.25, 0.3) is 11.3 Å². The average molecular weight is 379 g/mol. The molecule has 4 rings (SSSR count). The highest BCUT2D eigenvalue weighted by molar-refractivity contribution is 7.07. The number of carbonyl (C=O) groups is 1. The fourth-order valence-electron chi connectivity index (χ4n) is 3.36. The summed E-state index contributed by atoms with van der Waals surface area (Å²) in [7, 11) is 0. The number of carbonyl (C=O) groups excluding carboxylic acids is 1. The highest BCUT2D eigenvalue weighted by Gasteiger charge is 2.19. The molecule has 1 amide bonds. The van der Waals surface area contributed by atoms with Gasteiger partial charge in [-0.3, -0.25) is 9.78 Å². The number of hydrogen-bond donors (Lipinski definition) is 0. The molecule has 0 aliphatic carbocycles. The van der Waals surface area contributed by atoms with Crippen molar-refractivity contribution in [3.8, 4) is 11.3 Å². The summed E-state index contributed by atoms with van der Waals surface area (Å²) in [6.07, 6.45) is 6.13. The van der Waals surface area contributed by atoms with Gasteiger partial charge in [-0.25, -0.2) is 4.99 Å². The van der Waals surface area contributed by atoms with E-state index < -0.39 is 0 Å². The molecule has 1 aliphatic heterocycles. The van der Waals surface area contributed by atoms with E-state index in [1.165, 1.54) is 5.56 Å². The standard InChI is InChI=1S/C21H22N4OS/c26-20-10-5-12-24(20)13-6-14-25-19(17-7-2-1-3-8-17)16-27-21(25)23-18-9-4-11-22-15-18/h1-4,7-9,11,15-16H,5-6,10,12-14H2. The number of hydrogen-bond acceptors (Lipinski definition) is 4. The first-order valence-electron chi connectivity index (χ1n) is 9.27. The van der Waals surface area contributed by atoms with Crippen LogP contribution < -0.4 is 4.80 Å². The van der Waals surface area contributed by atoms with E-state index >= 15 is 0 Å². The Morgan fingerprint density at radius 3 is 2.74 bits per heavy atom. The SMILES string of the molecule is O=C1CCCN1CCCn1c(-c2ccccc2)csc1=Nc1cccnc1. The predicted octanol–water partition coefficient (Wildman–Crippen LogP) is 3.86. The third kappa shape index (κ3) is 4.17. The fourth-order valence-corrected chi connectivity index (χ4v) is 4.32. The molecule has 27 heavy (non-hydrogen) atoms. The molecule has 0 N–H and O–H groups in total. The first kappa shape index (κ1) is 17.7. The van der Waals surface area contributed by atoms with Crippen molar-refractivity contribution in [1.29, 1.82) is 0 Å². The van der Waals surface area contributed by atoms with Crippen LogP contribution in [0.4, 0.5) is 5.69 Å². The summed E-state index contributed by atoms with van der Waals surface area (Å²) >= 11 is 1.64. The fraction of sp³-hybridized carbons (Fsp3) is 0.286. The molecule has 138 valence electrons. The lowest BCUT2D eigenvalue weighted by Crippen LogP contribution is -2.27. The zero-order chi connectivity index (χ0) is 18.5. The molecule has 2 aromatic heterocycles. The van der Waals surface area contributed by atoms with E-state index in [2.05, 4.69) is 39.2 Å². The largest absolute Gasteiger partial charge is 0.343 e. The molecular weight excluding hydrogens is 356 g/mol. The first-order chi connectivity index (χ1) is 13.3. The van der Waals surface area contributed by atoms with Gasteiger partial charge in [0.2, 0.25) is 5.91 Å². The number of benzene rings is 1. The van der Waals surface area contributed by atoms with E-state index in [0.29, 0.717) is 6.42 Å². The van der Waals surface area contributed by atoms with Crippen molar-refractivity contribution >= 4 is 22.9 Å². The van der Waals surface area contributed by atoms with E-state index in [9.17, 15) is 4.79 Å². The van der Waals surface area contributed by atoms with E-state index in [1.807, 2.05) is 23.1 Å². The number of pyridine rings is 1. The van der Waals surface area contributed by atoms with Gasteiger partial charge in [0.05, 0.1) is 17.6 Å². The van der Waals surface area contributed by atoms with Crippen LogP contribution in [0.15, 0.2) is 65.2 Å². The zero-order valence-corrected chi connectivity index (χ0v) is 15.9. The monoisotopic (exact) mass is 378 g/mol. The Hall–Kier alpha value is -2.73. The van der Waals surface area contributed by atoms with Gasteiger partial charge in [0.1, 0.15) is 0 Å². The molecular formula is C21H22N4OS. The second-order valence-corrected chi connectivity index (χ2v) is 7.42. The number of likely N-dealkylation sites (tertiary alicyclic amines) is 1. The van der Waals surface area contributed by atoms with Crippen molar-refractivity contribution in [1.82, 2.24) is 14.5 Å². The molecule has 3 aromatic rings. The third-order valence-electron chi connectivity index (χ3n) is 4.72. The normalized spacial score (nSPS) is 14.9. The van der Waals surface area contributed by atoms with Gasteiger partial charge in [-0.1, -0.05) is 30.3 Å². The number of thiazole rings is 1. The van der Waals surface area contributed by atoms with Gasteiger partial charge in [0.15, 0.2) is 4.80 Å². The molecule has 5 nitrogen and oxygen atoms in total. The van der Waals surface area contributed by atoms with Gasteiger partial charge in [-0.05, 0) is 30.5 Å². The van der Waals surface area contributed by atoms with Crippen molar-refractivity contribution in [2.75, 3.05) is 13.1 Å². The predicted molar refractivity (Wildman–Crippen MR) is 108 cm³/mol. The summed E-state index contributed by atoms with van der Waals surface area (Å²) in [6.45, 7) is 2.53. The zero-order valence-electron chi connectivity index (χ0n) is 15.1. The van der Waals surface area contributed by atoms with Crippen LogP contribution in [0.5, 0.6) is 0 Å². The van der Waals surface area contributed by atoms with Crippen molar-refractivity contribution in [2.45, 2.75) is 25.8 Å². The van der Waals surface area contributed by atoms with Gasteiger partial charge in [0, 0.05) is 37.6 Å². The van der Waals surface area contributed by atoms with Crippen LogP contribution in [-0.4, -0.2) is 33.4 Å². The maximum absolute atomic E-state index is 11.9. The minimum absolute atomic E-state index is 0.286. The molecule has 0 unspecified atom stereocenters. The molecule has 1 fully saturated rings. The summed E-state index contributed by atoms with van der Waals surface area (Å²) in [6, 6.07) is 14.2. The molecule has 0 spiro atoms. The third-order valence-corrected chi connectivity index (χ3v) is 5.58. The molecule has 0 radical (unpaired) electrons. The number of aromatic nitrogens is 2. The van der Waals surface area contributed by atoms with E-state index in [4.69, 9.17) is 4.99 Å². The maximum Gasteiger partial charge on any atom is 0.222 e. The Bertz CT molecular complexity index is 963. The lowest BCUT2D eigenvalue weighted by molar-refractivity contribution is -0.127. The van der Waals surface area contributed by atoms with E-state index in [-0.39, 0.29) is 5.91 Å². The van der Waals surface area contributed by atoms with Crippen LogP contribution >= 0.6 is 11.3 Å². The average Bonchev–Trinajstić information content (AvgIpc) is 3.30. The van der Waals surface area contributed by atoms with Crippen LogP contribution in [0.1, 0.15) is 19.3 Å². The van der Waals surface area contributed by atoms with Gasteiger partial charge in [0.25, 0.3) is 0 Å². The Kier molecular flexibility index (Phi) is 5.44. The Labute approximate surface area is 162 Å². The first-order valence-corrected chi connectivity index (χ1v) is 10.2. The van der Waals surface area contributed by atoms with Crippen LogP contribution in [0.2, 0.25) is 0 Å². The van der Waals surface area contributed by atoms with Crippen molar-refractivity contribution in [3.05, 3.63) is 65.0 Å². The van der Waals surface area contributed by atoms with Gasteiger partial charge in [-0.15, -0.1) is 11.3 Å². The topological polar surface area (TPSA) is 50.5 Å². The smallest absolute Gasteiger partial charge is 0.222 e. The van der Waals surface area contributed by atoms with Crippen molar-refractivity contribution < 1.29 is 4.79 Å². The highest BCUT2D eigenvalue weighted by Crippen LogP contribution is 2.21. The Balaban J connectivity index is 1.62. The molecule has 1 aromatic carbocycles. The number of nitrogens with zero attached hydrogens (tertiary/aromatic N) is 4. The molecule has 1 saturated heterocycles. The molecule has 0 bridgehead atoms. The van der Waals surface area contributed by atoms with Gasteiger partial charge < -0.3 is 9.47 Å². The number of rotatable bonds is 6. The summed E-state index contributed by atoms with van der Waals surface area (Å²) in [5.74, 6) is 0.286. The molecule has 3 heterocycles. The highest BCUT2D eigenvalue weighted by atomic mass is 32.1.